The molecule has 0 bridgehead atoms. The van der Waals surface area contributed by atoms with Gasteiger partial charge in [-0.25, -0.2) is 23.1 Å². The Labute approximate surface area is 208 Å². The summed E-state index contributed by atoms with van der Waals surface area (Å²) in [6, 6.07) is 5.58. The summed E-state index contributed by atoms with van der Waals surface area (Å²) >= 11 is 0. The van der Waals surface area contributed by atoms with Crippen LogP contribution in [0, 0.1) is 29.4 Å². The number of fused-ring (bicyclic) bond motifs is 1. The minimum absolute atomic E-state index is 0.0401. The molecule has 1 fully saturated rings. The van der Waals surface area contributed by atoms with Gasteiger partial charge < -0.3 is 15.8 Å². The van der Waals surface area contributed by atoms with Gasteiger partial charge in [-0.05, 0) is 37.1 Å². The molecule has 0 amide bonds. The van der Waals surface area contributed by atoms with Crippen molar-refractivity contribution in [2.24, 2.45) is 16.6 Å². The van der Waals surface area contributed by atoms with E-state index in [-0.39, 0.29) is 35.8 Å². The van der Waals surface area contributed by atoms with E-state index in [1.54, 1.807) is 12.3 Å². The molecular weight excluding hydrogens is 500 g/mol. The van der Waals surface area contributed by atoms with Crippen molar-refractivity contribution >= 4 is 28.4 Å². The van der Waals surface area contributed by atoms with Crippen LogP contribution in [0.3, 0.4) is 0 Å². The lowest BCUT2D eigenvalue weighted by atomic mass is 9.87. The first-order valence-corrected chi connectivity index (χ1v) is 11.2. The van der Waals surface area contributed by atoms with Gasteiger partial charge in [0.1, 0.15) is 23.5 Å². The van der Waals surface area contributed by atoms with E-state index in [9.17, 15) is 26.3 Å². The number of nitrogens with two attached hydrogens (primary N) is 1. The molecule has 194 valence electrons. The van der Waals surface area contributed by atoms with E-state index >= 15 is 0 Å². The van der Waals surface area contributed by atoms with E-state index in [0.29, 0.717) is 22.7 Å². The molecule has 1 aliphatic heterocycles. The van der Waals surface area contributed by atoms with Crippen LogP contribution in [-0.4, -0.2) is 36.0 Å². The number of nitrogens with zero attached hydrogens (tertiary/aromatic N) is 3. The molecule has 1 aromatic carbocycles. The maximum atomic E-state index is 14.7. The van der Waals surface area contributed by atoms with Gasteiger partial charge in [-0.3, -0.25) is 4.98 Å². The normalized spacial score (nSPS) is 18.7. The average Bonchev–Trinajstić information content (AvgIpc) is 3.70. The average molecular weight is 521 g/mol. The molecule has 0 unspecified atom stereocenters. The fraction of sp³-hybridized carbons (Fsp3) is 0.320. The van der Waals surface area contributed by atoms with Gasteiger partial charge in [0.2, 0.25) is 0 Å². The van der Waals surface area contributed by atoms with Crippen LogP contribution in [0.4, 0.5) is 37.8 Å². The first-order chi connectivity index (χ1) is 17.7. The number of alkyl halides is 4. The van der Waals surface area contributed by atoms with Crippen molar-refractivity contribution in [3.05, 3.63) is 59.4 Å². The maximum Gasteiger partial charge on any atom is 0.379 e. The molecule has 37 heavy (non-hydrogen) atoms. The molecule has 1 atom stereocenters. The second kappa shape index (κ2) is 10.9. The topological polar surface area (TPSA) is 85.4 Å². The van der Waals surface area contributed by atoms with Crippen LogP contribution in [0.5, 0.6) is 0 Å². The molecule has 12 heteroatoms. The van der Waals surface area contributed by atoms with Crippen LogP contribution >= 0.6 is 0 Å². The van der Waals surface area contributed by atoms with Crippen LogP contribution in [0.2, 0.25) is 0 Å². The molecule has 3 heterocycles. The summed E-state index contributed by atoms with van der Waals surface area (Å²) in [6.07, 6.45) is 4.97. The standard InChI is InChI=1S/C24H20F3N5O.CHF3/c25-13-24(7-8-33-23(28)32-24)18-10-16(5-6-19(18)26)31-22-21-17(20(27)12-30-22)9-15(11-29-21)4-3-14-1-2-14;2-1(3)4/h5-6,9-12,14H,1-2,7-8,13H2,(H2,28,32)(H,30,31);1H/t24-;/m1./s1. The van der Waals surface area contributed by atoms with Crippen molar-refractivity contribution in [2.45, 2.75) is 31.5 Å². The quantitative estimate of drug-likeness (QED) is 0.350. The first-order valence-electron chi connectivity index (χ1n) is 11.2. The largest absolute Gasteiger partial charge is 0.465 e. The zero-order valence-corrected chi connectivity index (χ0v) is 19.2. The number of nitrogens with one attached hydrogen (secondary N) is 1. The number of aliphatic imine (C=N–C) groups is 1. The molecule has 6 nitrogen and oxygen atoms in total. The Bertz CT molecular complexity index is 1380. The van der Waals surface area contributed by atoms with Crippen molar-refractivity contribution in [3.8, 4) is 11.8 Å². The second-order valence-corrected chi connectivity index (χ2v) is 8.40. The lowest BCUT2D eigenvalue weighted by Crippen LogP contribution is -2.38. The Morgan fingerprint density at radius 1 is 1.11 bits per heavy atom. The highest BCUT2D eigenvalue weighted by atomic mass is 19.4. The molecule has 1 saturated carbocycles. The number of benzene rings is 1. The van der Waals surface area contributed by atoms with Gasteiger partial charge >= 0.3 is 6.68 Å². The Kier molecular flexibility index (Phi) is 7.71. The first kappa shape index (κ1) is 26.1. The molecule has 3 aromatic rings. The molecule has 2 aliphatic rings. The highest BCUT2D eigenvalue weighted by Gasteiger charge is 2.38. The number of pyridine rings is 2. The van der Waals surface area contributed by atoms with Gasteiger partial charge in [0.25, 0.3) is 6.02 Å². The fourth-order valence-corrected chi connectivity index (χ4v) is 3.74. The molecule has 1 aliphatic carbocycles. The van der Waals surface area contributed by atoms with E-state index in [4.69, 9.17) is 10.5 Å². The van der Waals surface area contributed by atoms with Crippen LogP contribution < -0.4 is 11.1 Å². The van der Waals surface area contributed by atoms with Crippen LogP contribution in [0.15, 0.2) is 41.7 Å². The zero-order chi connectivity index (χ0) is 26.6. The van der Waals surface area contributed by atoms with Gasteiger partial charge in [0, 0.05) is 40.7 Å². The Balaban J connectivity index is 0.000000747. The van der Waals surface area contributed by atoms with Crippen molar-refractivity contribution in [1.82, 2.24) is 9.97 Å². The van der Waals surface area contributed by atoms with Gasteiger partial charge in [-0.15, -0.1) is 0 Å². The molecule has 2 aromatic heterocycles. The van der Waals surface area contributed by atoms with E-state index in [2.05, 4.69) is 32.1 Å². The molecule has 5 rings (SSSR count). The van der Waals surface area contributed by atoms with Gasteiger partial charge in [0.15, 0.2) is 11.6 Å². The lowest BCUT2D eigenvalue weighted by Gasteiger charge is -2.31. The number of aromatic nitrogens is 2. The summed E-state index contributed by atoms with van der Waals surface area (Å²) in [5, 5.41) is 3.30. The predicted molar refractivity (Wildman–Crippen MR) is 126 cm³/mol. The van der Waals surface area contributed by atoms with Crippen LogP contribution in [0.25, 0.3) is 10.9 Å². The number of hydrogen-bond donors (Lipinski definition) is 2. The summed E-state index contributed by atoms with van der Waals surface area (Å²) in [7, 11) is 0. The van der Waals surface area contributed by atoms with Crippen LogP contribution in [-0.2, 0) is 10.3 Å². The summed E-state index contributed by atoms with van der Waals surface area (Å²) in [5.74, 6) is 5.70. The fourth-order valence-electron chi connectivity index (χ4n) is 3.74. The number of hydrogen-bond acceptors (Lipinski definition) is 6. The van der Waals surface area contributed by atoms with Crippen molar-refractivity contribution < 1.29 is 31.1 Å². The summed E-state index contributed by atoms with van der Waals surface area (Å²) in [4.78, 5) is 12.5. The summed E-state index contributed by atoms with van der Waals surface area (Å²) in [5.41, 5.74) is 5.52. The molecule has 3 N–H and O–H groups in total. The summed E-state index contributed by atoms with van der Waals surface area (Å²) < 4.78 is 77.3. The van der Waals surface area contributed by atoms with Crippen molar-refractivity contribution in [1.29, 1.82) is 0 Å². The third-order valence-electron chi connectivity index (χ3n) is 5.72. The van der Waals surface area contributed by atoms with E-state index in [1.165, 1.54) is 18.2 Å². The van der Waals surface area contributed by atoms with Gasteiger partial charge in [0.05, 0.1) is 12.8 Å². The molecule has 0 saturated heterocycles. The third kappa shape index (κ3) is 6.22. The van der Waals surface area contributed by atoms with Gasteiger partial charge in [-0.2, -0.15) is 13.2 Å². The van der Waals surface area contributed by atoms with E-state index in [1.807, 2.05) is 0 Å². The van der Waals surface area contributed by atoms with E-state index < -0.39 is 30.5 Å². The number of rotatable bonds is 4. The molecule has 0 radical (unpaired) electrons. The van der Waals surface area contributed by atoms with Gasteiger partial charge in [-0.1, -0.05) is 11.8 Å². The second-order valence-electron chi connectivity index (χ2n) is 8.40. The maximum absolute atomic E-state index is 14.7. The predicted octanol–water partition coefficient (Wildman–Crippen LogP) is 5.49. The SMILES string of the molecule is FC(F)F.NC1=N[C@](CF)(c2cc(Nc3ncc(F)c4cc(C#CC5CC5)cnc34)ccc2F)CCO1. The number of amidine groups is 1. The lowest BCUT2D eigenvalue weighted by molar-refractivity contribution is 0.00819. The van der Waals surface area contributed by atoms with Crippen molar-refractivity contribution in [2.75, 3.05) is 18.6 Å². The smallest absolute Gasteiger partial charge is 0.379 e. The van der Waals surface area contributed by atoms with Crippen molar-refractivity contribution in [3.63, 3.8) is 0 Å². The number of halogens is 6. The Morgan fingerprint density at radius 3 is 2.54 bits per heavy atom. The summed E-state index contributed by atoms with van der Waals surface area (Å²) in [6.45, 7) is -4.49. The minimum atomic E-state index is -3.67. The third-order valence-corrected chi connectivity index (χ3v) is 5.72. The number of ether oxygens (including phenoxy) is 1. The molecular formula is C25H21F6N5O. The monoisotopic (exact) mass is 521 g/mol. The minimum Gasteiger partial charge on any atom is -0.465 e. The zero-order valence-electron chi connectivity index (χ0n) is 19.2. The highest BCUT2D eigenvalue weighted by molar-refractivity contribution is 5.90. The highest BCUT2D eigenvalue weighted by Crippen LogP contribution is 2.37. The Hall–Kier alpha value is -4.01. The van der Waals surface area contributed by atoms with E-state index in [0.717, 1.165) is 19.0 Å². The van der Waals surface area contributed by atoms with Crippen LogP contribution in [0.1, 0.15) is 30.4 Å². The Morgan fingerprint density at radius 2 is 1.86 bits per heavy atom. The number of anilines is 2. The molecule has 0 spiro atoms.